The summed E-state index contributed by atoms with van der Waals surface area (Å²) in [5.74, 6) is 0. The summed E-state index contributed by atoms with van der Waals surface area (Å²) in [5.41, 5.74) is 1.16. The van der Waals surface area contributed by atoms with E-state index in [1.165, 1.54) is 10.8 Å². The number of halogens is 1. The van der Waals surface area contributed by atoms with Gasteiger partial charge in [-0.1, -0.05) is 58.4 Å². The fourth-order valence-electron chi connectivity index (χ4n) is 2.23. The second kappa shape index (κ2) is 5.02. The third-order valence-corrected chi connectivity index (χ3v) is 3.67. The second-order valence-electron chi connectivity index (χ2n) is 4.45. The minimum absolute atomic E-state index is 0.00214. The van der Waals surface area contributed by atoms with Gasteiger partial charge in [0.2, 0.25) is 0 Å². The molecule has 0 saturated carbocycles. The van der Waals surface area contributed by atoms with Gasteiger partial charge in [0.15, 0.2) is 0 Å². The molecule has 0 atom stereocenters. The summed E-state index contributed by atoms with van der Waals surface area (Å²) in [6.45, 7) is 0.591. The van der Waals surface area contributed by atoms with Crippen molar-refractivity contribution in [3.05, 3.63) is 81.2 Å². The second-order valence-corrected chi connectivity index (χ2v) is 5.37. The van der Waals surface area contributed by atoms with Crippen molar-refractivity contribution in [2.24, 2.45) is 0 Å². The smallest absolute Gasteiger partial charge is 0.251 e. The van der Waals surface area contributed by atoms with Crippen LogP contribution in [0.25, 0.3) is 10.8 Å². The molecule has 94 valence electrons. The lowest BCUT2D eigenvalue weighted by atomic mass is 10.0. The van der Waals surface area contributed by atoms with Crippen LogP contribution in [0.3, 0.4) is 0 Å². The summed E-state index contributed by atoms with van der Waals surface area (Å²) >= 11 is 3.31. The van der Waals surface area contributed by atoms with Gasteiger partial charge >= 0.3 is 0 Å². The van der Waals surface area contributed by atoms with Crippen molar-refractivity contribution in [1.82, 2.24) is 4.57 Å². The highest BCUT2D eigenvalue weighted by atomic mass is 79.9. The predicted molar refractivity (Wildman–Crippen MR) is 81.5 cm³/mol. The van der Waals surface area contributed by atoms with E-state index in [1.54, 1.807) is 10.6 Å². The van der Waals surface area contributed by atoms with Crippen LogP contribution in [0.2, 0.25) is 0 Å². The van der Waals surface area contributed by atoms with Crippen molar-refractivity contribution < 1.29 is 0 Å². The van der Waals surface area contributed by atoms with E-state index >= 15 is 0 Å². The molecule has 19 heavy (non-hydrogen) atoms. The normalized spacial score (nSPS) is 10.8. The molecule has 0 fully saturated rings. The van der Waals surface area contributed by atoms with Crippen LogP contribution in [0.5, 0.6) is 0 Å². The third kappa shape index (κ3) is 2.47. The molecule has 2 aromatic carbocycles. The van der Waals surface area contributed by atoms with Crippen molar-refractivity contribution in [3.63, 3.8) is 0 Å². The van der Waals surface area contributed by atoms with E-state index < -0.39 is 0 Å². The van der Waals surface area contributed by atoms with Gasteiger partial charge in [0.05, 0.1) is 6.54 Å². The molecule has 0 N–H and O–H groups in total. The van der Waals surface area contributed by atoms with Gasteiger partial charge < -0.3 is 4.57 Å². The Morgan fingerprint density at radius 2 is 1.79 bits per heavy atom. The molecule has 3 heteroatoms. The van der Waals surface area contributed by atoms with Gasteiger partial charge in [-0.25, -0.2) is 0 Å². The van der Waals surface area contributed by atoms with Gasteiger partial charge in [-0.2, -0.15) is 0 Å². The molecular formula is C16H12BrNO. The van der Waals surface area contributed by atoms with E-state index in [1.807, 2.05) is 30.5 Å². The first-order valence-electron chi connectivity index (χ1n) is 6.07. The zero-order valence-electron chi connectivity index (χ0n) is 10.2. The summed E-state index contributed by atoms with van der Waals surface area (Å²) < 4.78 is 2.53. The quantitative estimate of drug-likeness (QED) is 0.705. The van der Waals surface area contributed by atoms with E-state index in [0.717, 1.165) is 10.0 Å². The Balaban J connectivity index is 2.08. The molecule has 0 unspecified atom stereocenters. The van der Waals surface area contributed by atoms with E-state index in [0.29, 0.717) is 6.54 Å². The minimum atomic E-state index is 0.00214. The zero-order valence-corrected chi connectivity index (χ0v) is 11.8. The molecule has 3 aromatic rings. The molecule has 0 radical (unpaired) electrons. The SMILES string of the molecule is O=c1cc(Br)ccn1Cc1cccc2ccccc12. The molecule has 0 saturated heterocycles. The van der Waals surface area contributed by atoms with E-state index in [9.17, 15) is 4.79 Å². The Kier molecular flexibility index (Phi) is 3.22. The number of hydrogen-bond donors (Lipinski definition) is 0. The molecule has 1 aromatic heterocycles. The molecule has 1 heterocycles. The van der Waals surface area contributed by atoms with Crippen molar-refractivity contribution in [2.75, 3.05) is 0 Å². The van der Waals surface area contributed by atoms with Crippen LogP contribution in [0.1, 0.15) is 5.56 Å². The fraction of sp³-hybridized carbons (Fsp3) is 0.0625. The summed E-state index contributed by atoms with van der Waals surface area (Å²) in [7, 11) is 0. The maximum Gasteiger partial charge on any atom is 0.251 e. The fourth-order valence-corrected chi connectivity index (χ4v) is 2.54. The van der Waals surface area contributed by atoms with Crippen LogP contribution in [0.4, 0.5) is 0 Å². The number of benzene rings is 2. The number of rotatable bonds is 2. The Hall–Kier alpha value is -1.87. The largest absolute Gasteiger partial charge is 0.311 e. The lowest BCUT2D eigenvalue weighted by Gasteiger charge is -2.09. The van der Waals surface area contributed by atoms with Gasteiger partial charge in [0.25, 0.3) is 5.56 Å². The van der Waals surface area contributed by atoms with Crippen molar-refractivity contribution >= 4 is 26.7 Å². The van der Waals surface area contributed by atoms with Crippen LogP contribution >= 0.6 is 15.9 Å². The van der Waals surface area contributed by atoms with Gasteiger partial charge in [0, 0.05) is 16.7 Å². The van der Waals surface area contributed by atoms with Crippen LogP contribution in [0.15, 0.2) is 70.1 Å². The summed E-state index contributed by atoms with van der Waals surface area (Å²) in [4.78, 5) is 11.9. The molecule has 0 spiro atoms. The highest BCUT2D eigenvalue weighted by Gasteiger charge is 2.02. The van der Waals surface area contributed by atoms with Crippen LogP contribution < -0.4 is 5.56 Å². The Bertz CT molecular complexity index is 787. The van der Waals surface area contributed by atoms with Crippen molar-refractivity contribution in [1.29, 1.82) is 0 Å². The van der Waals surface area contributed by atoms with Gasteiger partial charge in [-0.3, -0.25) is 4.79 Å². The Morgan fingerprint density at radius 3 is 2.63 bits per heavy atom. The number of hydrogen-bond acceptors (Lipinski definition) is 1. The summed E-state index contributed by atoms with van der Waals surface area (Å²) in [6, 6.07) is 17.9. The first-order valence-corrected chi connectivity index (χ1v) is 6.86. The number of fused-ring (bicyclic) bond motifs is 1. The monoisotopic (exact) mass is 313 g/mol. The van der Waals surface area contributed by atoms with Gasteiger partial charge in [-0.05, 0) is 22.4 Å². The lowest BCUT2D eigenvalue weighted by molar-refractivity contribution is 0.762. The topological polar surface area (TPSA) is 22.0 Å². The molecular weight excluding hydrogens is 302 g/mol. The zero-order chi connectivity index (χ0) is 13.2. The Labute approximate surface area is 119 Å². The molecule has 2 nitrogen and oxygen atoms in total. The molecule has 0 aliphatic rings. The van der Waals surface area contributed by atoms with Crippen LogP contribution in [-0.2, 0) is 6.54 Å². The van der Waals surface area contributed by atoms with E-state index in [4.69, 9.17) is 0 Å². The number of pyridine rings is 1. The first-order chi connectivity index (χ1) is 9.24. The standard InChI is InChI=1S/C16H12BrNO/c17-14-8-9-18(16(19)10-14)11-13-6-3-5-12-4-1-2-7-15(12)13/h1-10H,11H2. The molecule has 0 aliphatic carbocycles. The summed E-state index contributed by atoms with van der Waals surface area (Å²) in [6.07, 6.45) is 1.81. The molecule has 0 amide bonds. The highest BCUT2D eigenvalue weighted by molar-refractivity contribution is 9.10. The highest BCUT2D eigenvalue weighted by Crippen LogP contribution is 2.19. The molecule has 3 rings (SSSR count). The summed E-state index contributed by atoms with van der Waals surface area (Å²) in [5, 5.41) is 2.39. The van der Waals surface area contributed by atoms with E-state index in [-0.39, 0.29) is 5.56 Å². The van der Waals surface area contributed by atoms with Gasteiger partial charge in [-0.15, -0.1) is 0 Å². The number of nitrogens with zero attached hydrogens (tertiary/aromatic N) is 1. The molecule has 0 aliphatic heterocycles. The van der Waals surface area contributed by atoms with E-state index in [2.05, 4.69) is 40.2 Å². The molecule has 0 bridgehead atoms. The average Bonchev–Trinajstić information content (AvgIpc) is 2.42. The maximum atomic E-state index is 11.9. The number of aromatic nitrogens is 1. The lowest BCUT2D eigenvalue weighted by Crippen LogP contribution is -2.18. The first kappa shape index (κ1) is 12.2. The Morgan fingerprint density at radius 1 is 1.00 bits per heavy atom. The van der Waals surface area contributed by atoms with Crippen LogP contribution in [-0.4, -0.2) is 4.57 Å². The van der Waals surface area contributed by atoms with Crippen molar-refractivity contribution in [3.8, 4) is 0 Å². The minimum Gasteiger partial charge on any atom is -0.311 e. The maximum absolute atomic E-state index is 11.9. The van der Waals surface area contributed by atoms with Crippen molar-refractivity contribution in [2.45, 2.75) is 6.54 Å². The van der Waals surface area contributed by atoms with Gasteiger partial charge in [0.1, 0.15) is 0 Å². The average molecular weight is 314 g/mol. The van der Waals surface area contributed by atoms with Crippen LogP contribution in [0, 0.1) is 0 Å². The predicted octanol–water partition coefficient (Wildman–Crippen LogP) is 3.81. The third-order valence-electron chi connectivity index (χ3n) is 3.18.